The molecule has 0 unspecified atom stereocenters. The third kappa shape index (κ3) is 2.71. The Kier molecular flexibility index (Phi) is 3.78. The van der Waals surface area contributed by atoms with Crippen LogP contribution < -0.4 is 5.32 Å². The van der Waals surface area contributed by atoms with E-state index >= 15 is 0 Å². The maximum Gasteiger partial charge on any atom is 0.252 e. The number of amides is 1. The molecule has 2 nitrogen and oxygen atoms in total. The molecule has 0 saturated carbocycles. The monoisotopic (exact) mass is 279 g/mol. The Bertz CT molecular complexity index is 675. The molecule has 0 radical (unpaired) electrons. The fourth-order valence-corrected chi connectivity index (χ4v) is 3.14. The van der Waals surface area contributed by atoms with Crippen LogP contribution in [0.15, 0.2) is 42.5 Å². The van der Waals surface area contributed by atoms with Crippen LogP contribution in [-0.2, 0) is 6.42 Å². The quantitative estimate of drug-likeness (QED) is 0.880. The lowest BCUT2D eigenvalue weighted by Crippen LogP contribution is -2.31. The minimum atomic E-state index is 0.0397. The predicted octanol–water partition coefficient (Wildman–Crippen LogP) is 4.11. The van der Waals surface area contributed by atoms with Crippen LogP contribution in [-0.4, -0.2) is 5.91 Å². The summed E-state index contributed by atoms with van der Waals surface area (Å²) in [7, 11) is 0. The maximum absolute atomic E-state index is 12.6. The van der Waals surface area contributed by atoms with Crippen molar-refractivity contribution in [2.75, 3.05) is 0 Å². The summed E-state index contributed by atoms with van der Waals surface area (Å²) in [6.45, 7) is 4.06. The van der Waals surface area contributed by atoms with Crippen LogP contribution in [0.4, 0.5) is 0 Å². The van der Waals surface area contributed by atoms with Crippen molar-refractivity contribution in [3.05, 3.63) is 70.3 Å². The van der Waals surface area contributed by atoms with Gasteiger partial charge in [-0.2, -0.15) is 0 Å². The Morgan fingerprint density at radius 1 is 1.10 bits per heavy atom. The molecule has 0 spiro atoms. The zero-order valence-electron chi connectivity index (χ0n) is 12.6. The van der Waals surface area contributed by atoms with Crippen LogP contribution in [0.25, 0.3) is 0 Å². The molecule has 1 aliphatic rings. The third-order valence-electron chi connectivity index (χ3n) is 4.52. The second-order valence-electron chi connectivity index (χ2n) is 5.86. The second-order valence-corrected chi connectivity index (χ2v) is 5.86. The normalized spacial score (nSPS) is 17.1. The zero-order valence-corrected chi connectivity index (χ0v) is 12.6. The minimum absolute atomic E-state index is 0.0397. The van der Waals surface area contributed by atoms with Crippen molar-refractivity contribution < 1.29 is 4.79 Å². The van der Waals surface area contributed by atoms with Gasteiger partial charge in [-0.05, 0) is 61.4 Å². The first-order chi connectivity index (χ1) is 10.2. The van der Waals surface area contributed by atoms with Gasteiger partial charge in [-0.25, -0.2) is 0 Å². The molecule has 21 heavy (non-hydrogen) atoms. The van der Waals surface area contributed by atoms with Crippen LogP contribution in [0.3, 0.4) is 0 Å². The number of nitrogens with one attached hydrogen (secondary N) is 1. The van der Waals surface area contributed by atoms with Crippen LogP contribution in [0.5, 0.6) is 0 Å². The summed E-state index contributed by atoms with van der Waals surface area (Å²) >= 11 is 0. The molecule has 3 rings (SSSR count). The highest BCUT2D eigenvalue weighted by atomic mass is 16.1. The lowest BCUT2D eigenvalue weighted by atomic mass is 9.87. The molecule has 0 bridgehead atoms. The first-order valence-corrected chi connectivity index (χ1v) is 7.61. The summed E-state index contributed by atoms with van der Waals surface area (Å²) in [5.41, 5.74) is 5.67. The molecule has 0 aromatic heterocycles. The molecule has 1 aliphatic carbocycles. The molecule has 1 amide bonds. The van der Waals surface area contributed by atoms with Crippen LogP contribution in [0.2, 0.25) is 0 Å². The van der Waals surface area contributed by atoms with Gasteiger partial charge in [0, 0.05) is 5.56 Å². The van der Waals surface area contributed by atoms with E-state index < -0.39 is 0 Å². The fraction of sp³-hybridized carbons (Fsp3) is 0.316. The van der Waals surface area contributed by atoms with Gasteiger partial charge in [0.05, 0.1) is 6.04 Å². The second kappa shape index (κ2) is 5.72. The van der Waals surface area contributed by atoms with E-state index in [0.29, 0.717) is 0 Å². The lowest BCUT2D eigenvalue weighted by Gasteiger charge is -2.26. The Balaban J connectivity index is 1.85. The van der Waals surface area contributed by atoms with Gasteiger partial charge in [0.1, 0.15) is 0 Å². The number of hydrogen-bond donors (Lipinski definition) is 1. The summed E-state index contributed by atoms with van der Waals surface area (Å²) in [6, 6.07) is 14.5. The van der Waals surface area contributed by atoms with Crippen molar-refractivity contribution in [1.82, 2.24) is 5.32 Å². The van der Waals surface area contributed by atoms with E-state index in [0.717, 1.165) is 36.0 Å². The summed E-state index contributed by atoms with van der Waals surface area (Å²) in [5.74, 6) is 0.0397. The van der Waals surface area contributed by atoms with Gasteiger partial charge in [-0.15, -0.1) is 0 Å². The molecule has 2 aromatic carbocycles. The first kappa shape index (κ1) is 13.9. The molecule has 0 saturated heterocycles. The molecule has 2 aromatic rings. The van der Waals surface area contributed by atoms with Crippen LogP contribution in [0, 0.1) is 13.8 Å². The lowest BCUT2D eigenvalue weighted by molar-refractivity contribution is 0.0932. The van der Waals surface area contributed by atoms with E-state index in [1.54, 1.807) is 0 Å². The smallest absolute Gasteiger partial charge is 0.252 e. The zero-order chi connectivity index (χ0) is 14.8. The van der Waals surface area contributed by atoms with E-state index in [1.807, 2.05) is 32.0 Å². The van der Waals surface area contributed by atoms with Crippen LogP contribution in [0.1, 0.15) is 51.5 Å². The van der Waals surface area contributed by atoms with E-state index in [1.165, 1.54) is 11.1 Å². The third-order valence-corrected chi connectivity index (χ3v) is 4.52. The molecule has 108 valence electrons. The molecule has 1 atom stereocenters. The number of hydrogen-bond acceptors (Lipinski definition) is 1. The molecule has 0 heterocycles. The van der Waals surface area contributed by atoms with Crippen molar-refractivity contribution in [2.24, 2.45) is 0 Å². The Hall–Kier alpha value is -2.09. The molecular formula is C19H21NO. The minimum Gasteiger partial charge on any atom is -0.345 e. The van der Waals surface area contributed by atoms with Gasteiger partial charge in [0.15, 0.2) is 0 Å². The van der Waals surface area contributed by atoms with Crippen molar-refractivity contribution in [3.8, 4) is 0 Å². The molecule has 1 N–H and O–H groups in total. The molecular weight excluding hydrogens is 258 g/mol. The first-order valence-electron chi connectivity index (χ1n) is 7.61. The van der Waals surface area contributed by atoms with Gasteiger partial charge >= 0.3 is 0 Å². The number of carbonyl (C=O) groups excluding carboxylic acids is 1. The van der Waals surface area contributed by atoms with Gasteiger partial charge in [-0.3, -0.25) is 4.79 Å². The van der Waals surface area contributed by atoms with Gasteiger partial charge in [0.25, 0.3) is 5.91 Å². The van der Waals surface area contributed by atoms with Crippen molar-refractivity contribution >= 4 is 5.91 Å². The summed E-state index contributed by atoms with van der Waals surface area (Å²) in [4.78, 5) is 12.6. The summed E-state index contributed by atoms with van der Waals surface area (Å²) in [6.07, 6.45) is 3.27. The van der Waals surface area contributed by atoms with Crippen molar-refractivity contribution in [1.29, 1.82) is 0 Å². The Morgan fingerprint density at radius 2 is 1.90 bits per heavy atom. The van der Waals surface area contributed by atoms with Gasteiger partial charge in [-0.1, -0.05) is 36.4 Å². The Morgan fingerprint density at radius 3 is 2.76 bits per heavy atom. The average Bonchev–Trinajstić information content (AvgIpc) is 2.50. The van der Waals surface area contributed by atoms with E-state index in [2.05, 4.69) is 29.6 Å². The Labute approximate surface area is 126 Å². The summed E-state index contributed by atoms with van der Waals surface area (Å²) in [5, 5.41) is 3.22. The number of aryl methyl sites for hydroxylation is 2. The average molecular weight is 279 g/mol. The SMILES string of the molecule is Cc1cccc(C(=O)N[C@H]2CCCc3ccccc32)c1C. The van der Waals surface area contributed by atoms with Crippen molar-refractivity contribution in [3.63, 3.8) is 0 Å². The van der Waals surface area contributed by atoms with E-state index in [9.17, 15) is 4.79 Å². The molecule has 0 aliphatic heterocycles. The largest absolute Gasteiger partial charge is 0.345 e. The standard InChI is InChI=1S/C19H21NO/c1-13-7-5-11-16(14(13)2)19(21)20-18-12-6-9-15-8-3-4-10-17(15)18/h3-5,7-8,10-11,18H,6,9,12H2,1-2H3,(H,20,21)/t18-/m0/s1. The van der Waals surface area contributed by atoms with Crippen molar-refractivity contribution in [2.45, 2.75) is 39.2 Å². The van der Waals surface area contributed by atoms with Gasteiger partial charge < -0.3 is 5.32 Å². The van der Waals surface area contributed by atoms with E-state index in [-0.39, 0.29) is 11.9 Å². The number of rotatable bonds is 2. The highest BCUT2D eigenvalue weighted by molar-refractivity contribution is 5.96. The highest BCUT2D eigenvalue weighted by Gasteiger charge is 2.22. The highest BCUT2D eigenvalue weighted by Crippen LogP contribution is 2.29. The number of benzene rings is 2. The number of carbonyl (C=O) groups is 1. The molecule has 0 fully saturated rings. The maximum atomic E-state index is 12.6. The fourth-order valence-electron chi connectivity index (χ4n) is 3.14. The van der Waals surface area contributed by atoms with Gasteiger partial charge in [0.2, 0.25) is 0 Å². The molecule has 2 heteroatoms. The van der Waals surface area contributed by atoms with E-state index in [4.69, 9.17) is 0 Å². The topological polar surface area (TPSA) is 29.1 Å². The summed E-state index contributed by atoms with van der Waals surface area (Å²) < 4.78 is 0. The number of fused-ring (bicyclic) bond motifs is 1. The predicted molar refractivity (Wildman–Crippen MR) is 85.5 cm³/mol. The van der Waals surface area contributed by atoms with Crippen LogP contribution >= 0.6 is 0 Å².